The number of hydrogen-bond acceptors (Lipinski definition) is 1. The molecule has 0 aliphatic rings. The maximum absolute atomic E-state index is 3.34. The minimum absolute atomic E-state index is 0.167. The zero-order valence-corrected chi connectivity index (χ0v) is 12.1. The third kappa shape index (κ3) is 3.76. The average Bonchev–Trinajstić information content (AvgIpc) is 2.18. The van der Waals surface area contributed by atoms with Gasteiger partial charge in [0.25, 0.3) is 0 Å². The largest absolute Gasteiger partial charge is 0.255 e. The fourth-order valence-corrected chi connectivity index (χ4v) is 2.32. The lowest BCUT2D eigenvalue weighted by molar-refractivity contribution is 0.339. The van der Waals surface area contributed by atoms with Crippen molar-refractivity contribution < 1.29 is 0 Å². The lowest BCUT2D eigenvalue weighted by atomic mass is 9.75. The Morgan fingerprint density at radius 2 is 1.60 bits per heavy atom. The molecule has 0 bridgehead atoms. The van der Waals surface area contributed by atoms with Crippen molar-refractivity contribution in [2.75, 3.05) is 0 Å². The number of benzene rings is 1. The first-order valence-corrected chi connectivity index (χ1v) is 6.39. The predicted octanol–water partition coefficient (Wildman–Crippen LogP) is 4.07. The van der Waals surface area contributed by atoms with E-state index in [0.29, 0.717) is 0 Å². The Kier molecular flexibility index (Phi) is 4.18. The van der Waals surface area contributed by atoms with E-state index in [-0.39, 0.29) is 11.0 Å². The molecule has 2 heteroatoms. The highest BCUT2D eigenvalue weighted by molar-refractivity contribution is 14.1. The first-order chi connectivity index (χ1) is 6.87. The van der Waals surface area contributed by atoms with Crippen molar-refractivity contribution in [2.24, 2.45) is 0 Å². The van der Waals surface area contributed by atoms with Crippen LogP contribution in [-0.2, 0) is 5.41 Å². The van der Waals surface area contributed by atoms with Crippen molar-refractivity contribution in [3.05, 3.63) is 35.9 Å². The molecule has 1 rings (SSSR count). The third-order valence-corrected chi connectivity index (χ3v) is 4.16. The van der Waals surface area contributed by atoms with Gasteiger partial charge in [0.15, 0.2) is 0 Å². The minimum atomic E-state index is 0.167. The molecule has 1 aromatic carbocycles. The molecule has 0 unspecified atom stereocenters. The number of nitrogens with one attached hydrogen (secondary N) is 1. The van der Waals surface area contributed by atoms with E-state index in [1.807, 2.05) is 0 Å². The summed E-state index contributed by atoms with van der Waals surface area (Å²) < 4.78 is 3.34. The second-order valence-corrected chi connectivity index (χ2v) is 5.94. The van der Waals surface area contributed by atoms with Crippen molar-refractivity contribution in [3.8, 4) is 0 Å². The fourth-order valence-electron chi connectivity index (χ4n) is 2.13. The molecule has 0 radical (unpaired) electrons. The van der Waals surface area contributed by atoms with Crippen molar-refractivity contribution >= 4 is 22.9 Å². The van der Waals surface area contributed by atoms with Crippen LogP contribution in [-0.4, -0.2) is 5.54 Å². The smallest absolute Gasteiger partial charge is 0.0226 e. The molecule has 0 spiro atoms. The monoisotopic (exact) mass is 317 g/mol. The van der Waals surface area contributed by atoms with E-state index >= 15 is 0 Å². The molecular formula is C13H20IN. The molecule has 0 atom stereocenters. The standard InChI is InChI=1S/C13H20IN/c1-12(2,10-13(3,4)15-14)11-8-6-5-7-9-11/h5-9,15H,10H2,1-4H3. The molecule has 0 saturated heterocycles. The van der Waals surface area contributed by atoms with Crippen LogP contribution in [0.3, 0.4) is 0 Å². The summed E-state index contributed by atoms with van der Waals surface area (Å²) in [6, 6.07) is 10.7. The van der Waals surface area contributed by atoms with Gasteiger partial charge in [-0.3, -0.25) is 3.53 Å². The Morgan fingerprint density at radius 3 is 2.07 bits per heavy atom. The van der Waals surface area contributed by atoms with Crippen molar-refractivity contribution in [1.29, 1.82) is 0 Å². The predicted molar refractivity (Wildman–Crippen MR) is 75.3 cm³/mol. The summed E-state index contributed by atoms with van der Waals surface area (Å²) in [6.45, 7) is 9.09. The van der Waals surface area contributed by atoms with Crippen LogP contribution in [0.4, 0.5) is 0 Å². The zero-order valence-electron chi connectivity index (χ0n) is 9.97. The lowest BCUT2D eigenvalue weighted by Gasteiger charge is -2.34. The van der Waals surface area contributed by atoms with Crippen molar-refractivity contribution in [2.45, 2.75) is 45.1 Å². The Morgan fingerprint density at radius 1 is 1.07 bits per heavy atom. The SMILES string of the molecule is CC(C)(CC(C)(C)c1ccccc1)NI. The third-order valence-electron chi connectivity index (χ3n) is 2.69. The summed E-state index contributed by atoms with van der Waals surface area (Å²) in [5.74, 6) is 0. The van der Waals surface area contributed by atoms with Crippen molar-refractivity contribution in [1.82, 2.24) is 3.53 Å². The summed E-state index contributed by atoms with van der Waals surface area (Å²) in [4.78, 5) is 0. The fraction of sp³-hybridized carbons (Fsp3) is 0.538. The molecule has 0 aliphatic heterocycles. The van der Waals surface area contributed by atoms with E-state index in [0.717, 1.165) is 6.42 Å². The van der Waals surface area contributed by atoms with Crippen LogP contribution in [0.25, 0.3) is 0 Å². The van der Waals surface area contributed by atoms with E-state index in [4.69, 9.17) is 0 Å². The number of halogens is 1. The molecule has 0 saturated carbocycles. The molecule has 1 nitrogen and oxygen atoms in total. The molecule has 0 fully saturated rings. The lowest BCUT2D eigenvalue weighted by Crippen LogP contribution is -2.39. The van der Waals surface area contributed by atoms with Gasteiger partial charge in [-0.15, -0.1) is 0 Å². The molecule has 15 heavy (non-hydrogen) atoms. The second kappa shape index (κ2) is 4.83. The summed E-state index contributed by atoms with van der Waals surface area (Å²) in [6.07, 6.45) is 1.12. The van der Waals surface area contributed by atoms with Gasteiger partial charge < -0.3 is 0 Å². The van der Waals surface area contributed by atoms with Crippen LogP contribution in [0.5, 0.6) is 0 Å². The van der Waals surface area contributed by atoms with Gasteiger partial charge in [-0.25, -0.2) is 0 Å². The topological polar surface area (TPSA) is 12.0 Å². The van der Waals surface area contributed by atoms with E-state index in [1.54, 1.807) is 0 Å². The van der Waals surface area contributed by atoms with Crippen LogP contribution in [0.15, 0.2) is 30.3 Å². The van der Waals surface area contributed by atoms with Crippen LogP contribution in [0.2, 0.25) is 0 Å². The van der Waals surface area contributed by atoms with E-state index < -0.39 is 0 Å². The summed E-state index contributed by atoms with van der Waals surface area (Å²) >= 11 is 2.24. The highest BCUT2D eigenvalue weighted by atomic mass is 127. The molecule has 1 N–H and O–H groups in total. The van der Waals surface area contributed by atoms with Gasteiger partial charge in [0.1, 0.15) is 0 Å². The Hall–Kier alpha value is -0.0900. The van der Waals surface area contributed by atoms with Gasteiger partial charge >= 0.3 is 0 Å². The van der Waals surface area contributed by atoms with Gasteiger partial charge in [-0.05, 0) is 31.2 Å². The summed E-state index contributed by atoms with van der Waals surface area (Å²) in [5, 5.41) is 0. The average molecular weight is 317 g/mol. The normalized spacial score (nSPS) is 12.9. The van der Waals surface area contributed by atoms with E-state index in [9.17, 15) is 0 Å². The quantitative estimate of drug-likeness (QED) is 0.652. The molecule has 1 aromatic rings. The summed E-state index contributed by atoms with van der Waals surface area (Å²) in [7, 11) is 0. The molecule has 0 aliphatic carbocycles. The second-order valence-electron chi connectivity index (χ2n) is 5.41. The summed E-state index contributed by atoms with van der Waals surface area (Å²) in [5.41, 5.74) is 1.78. The first kappa shape index (κ1) is 13.0. The number of rotatable bonds is 4. The molecule has 84 valence electrons. The molecule has 0 aromatic heterocycles. The highest BCUT2D eigenvalue weighted by Crippen LogP contribution is 2.32. The maximum atomic E-state index is 3.34. The van der Waals surface area contributed by atoms with Gasteiger partial charge in [0, 0.05) is 28.4 Å². The highest BCUT2D eigenvalue weighted by Gasteiger charge is 2.29. The van der Waals surface area contributed by atoms with Crippen LogP contribution in [0, 0.1) is 0 Å². The molecule has 0 amide bonds. The minimum Gasteiger partial charge on any atom is -0.255 e. The Balaban J connectivity index is 2.85. The van der Waals surface area contributed by atoms with Gasteiger partial charge in [-0.1, -0.05) is 44.2 Å². The molecule has 0 heterocycles. The van der Waals surface area contributed by atoms with Crippen LogP contribution < -0.4 is 3.53 Å². The van der Waals surface area contributed by atoms with Crippen LogP contribution >= 0.6 is 22.9 Å². The molecular weight excluding hydrogens is 297 g/mol. The van der Waals surface area contributed by atoms with Crippen LogP contribution in [0.1, 0.15) is 39.7 Å². The zero-order chi connectivity index (χ0) is 11.5. The van der Waals surface area contributed by atoms with Gasteiger partial charge in [0.05, 0.1) is 0 Å². The van der Waals surface area contributed by atoms with Gasteiger partial charge in [0.2, 0.25) is 0 Å². The number of hydrogen-bond donors (Lipinski definition) is 1. The van der Waals surface area contributed by atoms with E-state index in [1.165, 1.54) is 5.56 Å². The Bertz CT molecular complexity index is 304. The maximum Gasteiger partial charge on any atom is 0.0226 e. The Labute approximate surface area is 107 Å². The van der Waals surface area contributed by atoms with E-state index in [2.05, 4.69) is 84.4 Å². The van der Waals surface area contributed by atoms with Crippen molar-refractivity contribution in [3.63, 3.8) is 0 Å². The first-order valence-electron chi connectivity index (χ1n) is 5.31. The van der Waals surface area contributed by atoms with Gasteiger partial charge in [-0.2, -0.15) is 0 Å².